The summed E-state index contributed by atoms with van der Waals surface area (Å²) in [5, 5.41) is 14.3. The lowest BCUT2D eigenvalue weighted by Crippen LogP contribution is -2.60. The minimum Gasteiger partial charge on any atom is -0.458 e. The van der Waals surface area contributed by atoms with Gasteiger partial charge >= 0.3 is 18.0 Å². The zero-order valence-electron chi connectivity index (χ0n) is 35.7. The standard InChI is InChI=1S/C42H60N6O11/c1-11-31-42(8)29(18-33(49)58-42)25(4)34(50)23(2)19-41(7,59-40(54)45-14-12-13-28-21-48(22-46-28)32-20-43-15-16-44-32)37(26(5)35(51)27(6)38(53)56-31)57-39-36(52)30(47(9)10)17-24(3)55-39/h12-13,15-16,20-27,29-31,36-37,39,52H,11,14,17-19H2,1-10H3,(H,45,54)/t23-,24-,25?,26+,27-,29?,30+,31-,36-,37-,39?,41-,42+/m1/s1. The number of esters is 2. The van der Waals surface area contributed by atoms with Crippen molar-refractivity contribution in [1.29, 1.82) is 0 Å². The first kappa shape index (κ1) is 45.5. The van der Waals surface area contributed by atoms with Crippen LogP contribution in [0.2, 0.25) is 0 Å². The maximum atomic E-state index is 14.5. The molecule has 0 spiro atoms. The van der Waals surface area contributed by atoms with E-state index in [1.54, 1.807) is 89.4 Å². The zero-order chi connectivity index (χ0) is 43.4. The van der Waals surface area contributed by atoms with Gasteiger partial charge in [-0.1, -0.05) is 33.8 Å². The highest BCUT2D eigenvalue weighted by Gasteiger charge is 2.57. The van der Waals surface area contributed by atoms with E-state index in [1.807, 2.05) is 25.9 Å². The number of imidazole rings is 1. The van der Waals surface area contributed by atoms with Crippen LogP contribution in [0.15, 0.2) is 37.2 Å². The van der Waals surface area contributed by atoms with E-state index in [0.717, 1.165) is 0 Å². The van der Waals surface area contributed by atoms with Crippen LogP contribution in [0.25, 0.3) is 11.9 Å². The van der Waals surface area contributed by atoms with E-state index >= 15 is 0 Å². The molecule has 13 atom stereocenters. The van der Waals surface area contributed by atoms with Crippen molar-refractivity contribution in [3.8, 4) is 5.82 Å². The van der Waals surface area contributed by atoms with Crippen LogP contribution in [0.3, 0.4) is 0 Å². The summed E-state index contributed by atoms with van der Waals surface area (Å²) in [6, 6.07) is -0.380. The van der Waals surface area contributed by atoms with E-state index in [9.17, 15) is 29.1 Å². The minimum atomic E-state index is -1.74. The van der Waals surface area contributed by atoms with Gasteiger partial charge in [0, 0.05) is 54.8 Å². The first-order valence-electron chi connectivity index (χ1n) is 20.4. The first-order valence-corrected chi connectivity index (χ1v) is 20.4. The van der Waals surface area contributed by atoms with E-state index in [0.29, 0.717) is 17.9 Å². The number of carbonyl (C=O) groups is 5. The number of amides is 1. The van der Waals surface area contributed by atoms with Gasteiger partial charge in [-0.3, -0.25) is 28.7 Å². The Labute approximate surface area is 345 Å². The van der Waals surface area contributed by atoms with Crippen LogP contribution in [0.5, 0.6) is 0 Å². The van der Waals surface area contributed by atoms with Gasteiger partial charge in [0.15, 0.2) is 17.9 Å². The van der Waals surface area contributed by atoms with Crippen molar-refractivity contribution >= 4 is 35.7 Å². The second kappa shape index (κ2) is 18.8. The van der Waals surface area contributed by atoms with E-state index < -0.39 is 89.2 Å². The Balaban J connectivity index is 1.49. The third kappa shape index (κ3) is 10.1. The Hall–Kier alpha value is -4.58. The van der Waals surface area contributed by atoms with Crippen LogP contribution in [0.1, 0.15) is 86.8 Å². The fourth-order valence-corrected chi connectivity index (χ4v) is 8.94. The summed E-state index contributed by atoms with van der Waals surface area (Å²) in [6.07, 6.45) is 5.99. The minimum absolute atomic E-state index is 0.0146. The van der Waals surface area contributed by atoms with Crippen LogP contribution in [-0.4, -0.2) is 128 Å². The molecule has 2 N–H and O–H groups in total. The van der Waals surface area contributed by atoms with Crippen LogP contribution in [0.4, 0.5) is 4.79 Å². The van der Waals surface area contributed by atoms with Crippen LogP contribution >= 0.6 is 0 Å². The summed E-state index contributed by atoms with van der Waals surface area (Å²) in [5.41, 5.74) is -2.49. The second-order valence-corrected chi connectivity index (χ2v) is 16.9. The predicted molar refractivity (Wildman–Crippen MR) is 212 cm³/mol. The molecule has 5 heterocycles. The number of aromatic nitrogens is 4. The number of rotatable bonds is 9. The molecular formula is C42H60N6O11. The molecule has 17 nitrogen and oxygen atoms in total. The van der Waals surface area contributed by atoms with E-state index in [2.05, 4.69) is 20.3 Å². The molecule has 324 valence electrons. The fourth-order valence-electron chi connectivity index (χ4n) is 8.94. The van der Waals surface area contributed by atoms with Crippen molar-refractivity contribution < 1.29 is 52.8 Å². The smallest absolute Gasteiger partial charge is 0.408 e. The van der Waals surface area contributed by atoms with E-state index in [-0.39, 0.29) is 43.7 Å². The molecule has 0 saturated carbocycles. The van der Waals surface area contributed by atoms with Gasteiger partial charge in [-0.2, -0.15) is 0 Å². The highest BCUT2D eigenvalue weighted by Crippen LogP contribution is 2.45. The Bertz CT molecular complexity index is 1860. The molecule has 1 amide bonds. The van der Waals surface area contributed by atoms with Crippen molar-refractivity contribution in [1.82, 2.24) is 29.7 Å². The molecule has 3 unspecified atom stereocenters. The van der Waals surface area contributed by atoms with E-state index in [1.165, 1.54) is 6.92 Å². The summed E-state index contributed by atoms with van der Waals surface area (Å²) in [4.78, 5) is 83.9. The van der Waals surface area contributed by atoms with E-state index in [4.69, 9.17) is 23.7 Å². The second-order valence-electron chi connectivity index (χ2n) is 16.9. The Kier molecular flexibility index (Phi) is 14.5. The van der Waals surface area contributed by atoms with Crippen molar-refractivity contribution in [2.75, 3.05) is 20.6 Å². The fraction of sp³-hybridized carbons (Fsp3) is 0.667. The maximum absolute atomic E-state index is 14.5. The number of ether oxygens (including phenoxy) is 5. The number of hydrogen-bond acceptors (Lipinski definition) is 15. The Morgan fingerprint density at radius 3 is 2.46 bits per heavy atom. The van der Waals surface area contributed by atoms with Crippen molar-refractivity contribution in [3.05, 3.63) is 42.9 Å². The molecule has 5 rings (SSSR count). The van der Waals surface area contributed by atoms with Crippen molar-refractivity contribution in [3.63, 3.8) is 0 Å². The van der Waals surface area contributed by atoms with Gasteiger partial charge in [0.25, 0.3) is 0 Å². The third-order valence-corrected chi connectivity index (χ3v) is 12.2. The number of hydrogen-bond donors (Lipinski definition) is 2. The topological polar surface area (TPSA) is 211 Å². The molecule has 3 saturated heterocycles. The molecule has 3 aliphatic rings. The number of cyclic esters (lactones) is 1. The maximum Gasteiger partial charge on any atom is 0.408 e. The molecule has 3 aliphatic heterocycles. The Morgan fingerprint density at radius 2 is 1.80 bits per heavy atom. The van der Waals surface area contributed by atoms with Crippen molar-refractivity contribution in [2.45, 2.75) is 129 Å². The molecule has 0 aliphatic carbocycles. The lowest BCUT2D eigenvalue weighted by Gasteiger charge is -2.47. The largest absolute Gasteiger partial charge is 0.458 e. The monoisotopic (exact) mass is 824 g/mol. The van der Waals surface area contributed by atoms with Gasteiger partial charge in [-0.25, -0.2) is 14.8 Å². The molecule has 59 heavy (non-hydrogen) atoms. The quantitative estimate of drug-likeness (QED) is 0.210. The lowest BCUT2D eigenvalue weighted by molar-refractivity contribution is -0.292. The number of aliphatic hydroxyl groups is 1. The Morgan fingerprint density at radius 1 is 1.07 bits per heavy atom. The van der Waals surface area contributed by atoms with Crippen LogP contribution in [-0.2, 0) is 42.9 Å². The van der Waals surface area contributed by atoms with Gasteiger partial charge < -0.3 is 39.0 Å². The molecular weight excluding hydrogens is 764 g/mol. The molecule has 0 aromatic carbocycles. The number of likely N-dealkylation sites (N-methyl/N-ethyl adjacent to an activating group) is 1. The molecule has 3 fully saturated rings. The average Bonchev–Trinajstić information content (AvgIpc) is 3.80. The first-order chi connectivity index (χ1) is 27.8. The number of nitrogens with one attached hydrogen (secondary N) is 1. The normalized spacial score (nSPS) is 36.2. The van der Waals surface area contributed by atoms with Gasteiger partial charge in [0.05, 0.1) is 24.4 Å². The summed E-state index contributed by atoms with van der Waals surface area (Å²) >= 11 is 0. The zero-order valence-corrected chi connectivity index (χ0v) is 35.7. The SMILES string of the molecule is CC[C@H]1OC(=O)[C@H](C)C(=O)[C@H](C)[C@@H](OC2O[C@H](C)C[C@H](N(C)C)[C@H]2O)[C@](C)(OC(=O)NCC=Cc2cn(-c3cnccn3)cn2)C[C@@H](C)C(=O)C(C)C2CC(=O)O[C@@]21C. The molecule has 0 bridgehead atoms. The highest BCUT2D eigenvalue weighted by molar-refractivity contribution is 6.00. The molecule has 2 aromatic rings. The van der Waals surface area contributed by atoms with Gasteiger partial charge in [0.1, 0.15) is 47.5 Å². The number of ketones is 2. The molecule has 17 heteroatoms. The van der Waals surface area contributed by atoms with Crippen LogP contribution in [0, 0.1) is 29.6 Å². The number of nitrogens with zero attached hydrogens (tertiary/aromatic N) is 5. The summed E-state index contributed by atoms with van der Waals surface area (Å²) < 4.78 is 32.5. The van der Waals surface area contributed by atoms with Gasteiger partial charge in [-0.15, -0.1) is 0 Å². The van der Waals surface area contributed by atoms with Gasteiger partial charge in [-0.05, 0) is 67.1 Å². The third-order valence-electron chi connectivity index (χ3n) is 12.2. The number of fused-ring (bicyclic) bond motifs is 1. The number of carbonyl (C=O) groups excluding carboxylic acids is 5. The van der Waals surface area contributed by atoms with Crippen LogP contribution < -0.4 is 5.32 Å². The summed E-state index contributed by atoms with van der Waals surface area (Å²) in [6.45, 7) is 13.3. The highest BCUT2D eigenvalue weighted by atomic mass is 16.7. The summed E-state index contributed by atoms with van der Waals surface area (Å²) in [5.74, 6) is -6.34. The average molecular weight is 825 g/mol. The molecule has 2 aromatic heterocycles. The predicted octanol–water partition coefficient (Wildman–Crippen LogP) is 3.70. The number of alkyl carbamates (subject to hydrolysis) is 1. The summed E-state index contributed by atoms with van der Waals surface area (Å²) in [7, 11) is 3.65. The van der Waals surface area contributed by atoms with Crippen molar-refractivity contribution in [2.24, 2.45) is 29.6 Å². The number of Topliss-reactive ketones (excluding diaryl/α,β-unsaturated/α-hetero) is 2. The number of aliphatic hydroxyl groups excluding tert-OH is 1. The molecule has 0 radical (unpaired) electrons. The van der Waals surface area contributed by atoms with Gasteiger partial charge in [0.2, 0.25) is 0 Å². The lowest BCUT2D eigenvalue weighted by atomic mass is 9.70.